The van der Waals surface area contributed by atoms with E-state index in [1.54, 1.807) is 16.8 Å². The van der Waals surface area contributed by atoms with Crippen LogP contribution in [0, 0.1) is 0 Å². The Bertz CT molecular complexity index is 526. The molecule has 7 heteroatoms. The molecule has 0 unspecified atom stereocenters. The summed E-state index contributed by atoms with van der Waals surface area (Å²) in [6, 6.07) is 3.56. The highest BCUT2D eigenvalue weighted by Gasteiger charge is 2.14. The maximum atomic E-state index is 5.98. The lowest BCUT2D eigenvalue weighted by molar-refractivity contribution is 0.519. The van der Waals surface area contributed by atoms with Gasteiger partial charge in [-0.1, -0.05) is 23.2 Å². The van der Waals surface area contributed by atoms with Crippen molar-refractivity contribution in [1.82, 2.24) is 20.2 Å². The SMILES string of the molecule is CC(C)n1nnnc1-c1cc(N)c(Cl)c(Cl)c1. The number of aromatic nitrogens is 4. The van der Waals surface area contributed by atoms with Gasteiger partial charge in [0.05, 0.1) is 21.8 Å². The number of hydrogen-bond donors (Lipinski definition) is 1. The number of hydrogen-bond acceptors (Lipinski definition) is 4. The van der Waals surface area contributed by atoms with E-state index in [1.807, 2.05) is 13.8 Å². The summed E-state index contributed by atoms with van der Waals surface area (Å²) in [7, 11) is 0. The second kappa shape index (κ2) is 4.50. The molecule has 0 fully saturated rings. The number of nitrogens with two attached hydrogens (primary N) is 1. The summed E-state index contributed by atoms with van der Waals surface area (Å²) in [6.45, 7) is 3.97. The zero-order valence-corrected chi connectivity index (χ0v) is 10.9. The molecule has 1 heterocycles. The van der Waals surface area contributed by atoms with Gasteiger partial charge in [-0.2, -0.15) is 0 Å². The van der Waals surface area contributed by atoms with Gasteiger partial charge >= 0.3 is 0 Å². The lowest BCUT2D eigenvalue weighted by Crippen LogP contribution is -2.05. The molecule has 2 N–H and O–H groups in total. The molecule has 5 nitrogen and oxygen atoms in total. The van der Waals surface area contributed by atoms with Crippen molar-refractivity contribution >= 4 is 28.9 Å². The van der Waals surface area contributed by atoms with Crippen LogP contribution in [-0.2, 0) is 0 Å². The molecule has 1 aromatic heterocycles. The lowest BCUT2D eigenvalue weighted by Gasteiger charge is -2.09. The Morgan fingerprint density at radius 1 is 1.29 bits per heavy atom. The predicted molar refractivity (Wildman–Crippen MR) is 68.1 cm³/mol. The molecular formula is C10H11Cl2N5. The van der Waals surface area contributed by atoms with Crippen LogP contribution in [0.3, 0.4) is 0 Å². The third-order valence-corrected chi connectivity index (χ3v) is 3.11. The largest absolute Gasteiger partial charge is 0.397 e. The quantitative estimate of drug-likeness (QED) is 0.853. The Balaban J connectivity index is 2.57. The van der Waals surface area contributed by atoms with E-state index in [9.17, 15) is 0 Å². The zero-order chi connectivity index (χ0) is 12.6. The fourth-order valence-electron chi connectivity index (χ4n) is 1.47. The highest BCUT2D eigenvalue weighted by molar-refractivity contribution is 6.43. The number of rotatable bonds is 2. The average Bonchev–Trinajstić information content (AvgIpc) is 2.74. The van der Waals surface area contributed by atoms with Crippen LogP contribution < -0.4 is 5.73 Å². The highest BCUT2D eigenvalue weighted by atomic mass is 35.5. The molecule has 0 aliphatic heterocycles. The number of anilines is 1. The van der Waals surface area contributed by atoms with E-state index in [4.69, 9.17) is 28.9 Å². The van der Waals surface area contributed by atoms with E-state index in [2.05, 4.69) is 15.5 Å². The molecule has 0 amide bonds. The normalized spacial score (nSPS) is 11.1. The van der Waals surface area contributed by atoms with E-state index in [1.165, 1.54) is 0 Å². The second-order valence-electron chi connectivity index (χ2n) is 3.90. The van der Waals surface area contributed by atoms with E-state index in [0.717, 1.165) is 5.56 Å². The van der Waals surface area contributed by atoms with E-state index in [-0.39, 0.29) is 6.04 Å². The zero-order valence-electron chi connectivity index (χ0n) is 9.35. The molecule has 0 atom stereocenters. The molecule has 0 saturated carbocycles. The first kappa shape index (κ1) is 12.1. The monoisotopic (exact) mass is 271 g/mol. The molecule has 2 rings (SSSR count). The van der Waals surface area contributed by atoms with Crippen LogP contribution in [0.2, 0.25) is 10.0 Å². The van der Waals surface area contributed by atoms with Crippen LogP contribution in [0.15, 0.2) is 12.1 Å². The van der Waals surface area contributed by atoms with Gasteiger partial charge in [-0.25, -0.2) is 4.68 Å². The topological polar surface area (TPSA) is 69.6 Å². The molecule has 90 valence electrons. The Morgan fingerprint density at radius 3 is 2.59 bits per heavy atom. The summed E-state index contributed by atoms with van der Waals surface area (Å²) in [5.74, 6) is 0.616. The fourth-order valence-corrected chi connectivity index (χ4v) is 1.81. The molecule has 0 aliphatic rings. The summed E-state index contributed by atoms with van der Waals surface area (Å²) in [4.78, 5) is 0. The second-order valence-corrected chi connectivity index (χ2v) is 4.69. The van der Waals surface area contributed by atoms with Crippen LogP contribution in [0.5, 0.6) is 0 Å². The summed E-state index contributed by atoms with van der Waals surface area (Å²) < 4.78 is 1.69. The van der Waals surface area contributed by atoms with Gasteiger partial charge in [-0.3, -0.25) is 0 Å². The third-order valence-electron chi connectivity index (χ3n) is 2.30. The van der Waals surface area contributed by atoms with Crippen molar-refractivity contribution in [2.75, 3.05) is 5.73 Å². The minimum atomic E-state index is 0.149. The van der Waals surface area contributed by atoms with E-state index >= 15 is 0 Å². The molecule has 0 spiro atoms. The van der Waals surface area contributed by atoms with Gasteiger partial charge in [0.15, 0.2) is 5.82 Å². The van der Waals surface area contributed by atoms with Gasteiger partial charge < -0.3 is 5.73 Å². The smallest absolute Gasteiger partial charge is 0.182 e. The first-order valence-corrected chi connectivity index (χ1v) is 5.79. The van der Waals surface area contributed by atoms with Crippen molar-refractivity contribution in [3.05, 3.63) is 22.2 Å². The molecule has 0 aliphatic carbocycles. The van der Waals surface area contributed by atoms with Crippen LogP contribution in [-0.4, -0.2) is 20.2 Å². The summed E-state index contributed by atoms with van der Waals surface area (Å²) in [5.41, 5.74) is 6.92. The number of nitrogen functional groups attached to an aromatic ring is 1. The van der Waals surface area contributed by atoms with Crippen molar-refractivity contribution in [2.45, 2.75) is 19.9 Å². The Kier molecular flexibility index (Phi) is 3.22. The molecule has 17 heavy (non-hydrogen) atoms. The first-order chi connectivity index (χ1) is 8.00. The Hall–Kier alpha value is -1.33. The van der Waals surface area contributed by atoms with Crippen molar-refractivity contribution in [3.8, 4) is 11.4 Å². The third kappa shape index (κ3) is 2.21. The highest BCUT2D eigenvalue weighted by Crippen LogP contribution is 2.33. The van der Waals surface area contributed by atoms with Crippen molar-refractivity contribution < 1.29 is 0 Å². The van der Waals surface area contributed by atoms with E-state index in [0.29, 0.717) is 21.6 Å². The molecule has 0 bridgehead atoms. The van der Waals surface area contributed by atoms with E-state index < -0.39 is 0 Å². The standard InChI is InChI=1S/C10H11Cl2N5/c1-5(2)17-10(14-15-16-17)6-3-7(11)9(12)8(13)4-6/h3-5H,13H2,1-2H3. The number of nitrogens with zero attached hydrogens (tertiary/aromatic N) is 4. The van der Waals surface area contributed by atoms with Crippen LogP contribution in [0.1, 0.15) is 19.9 Å². The fraction of sp³-hybridized carbons (Fsp3) is 0.300. The molecule has 2 aromatic rings. The summed E-state index contributed by atoms with van der Waals surface area (Å²) in [6.07, 6.45) is 0. The van der Waals surface area contributed by atoms with Crippen molar-refractivity contribution in [2.24, 2.45) is 0 Å². The molecular weight excluding hydrogens is 261 g/mol. The van der Waals surface area contributed by atoms with Crippen molar-refractivity contribution in [3.63, 3.8) is 0 Å². The maximum Gasteiger partial charge on any atom is 0.182 e. The van der Waals surface area contributed by atoms with Crippen molar-refractivity contribution in [1.29, 1.82) is 0 Å². The molecule has 0 saturated heterocycles. The number of tetrazole rings is 1. The summed E-state index contributed by atoms with van der Waals surface area (Å²) in [5, 5.41) is 12.3. The Labute approximate surface area is 109 Å². The maximum absolute atomic E-state index is 5.98. The van der Waals surface area contributed by atoms with Crippen LogP contribution in [0.4, 0.5) is 5.69 Å². The Morgan fingerprint density at radius 2 is 2.00 bits per heavy atom. The van der Waals surface area contributed by atoms with Gasteiger partial charge in [-0.15, -0.1) is 5.10 Å². The van der Waals surface area contributed by atoms with Gasteiger partial charge in [0, 0.05) is 5.56 Å². The summed E-state index contributed by atoms with van der Waals surface area (Å²) >= 11 is 11.9. The van der Waals surface area contributed by atoms with Gasteiger partial charge in [0.25, 0.3) is 0 Å². The van der Waals surface area contributed by atoms with Crippen LogP contribution >= 0.6 is 23.2 Å². The van der Waals surface area contributed by atoms with Crippen LogP contribution in [0.25, 0.3) is 11.4 Å². The first-order valence-electron chi connectivity index (χ1n) is 5.03. The van der Waals surface area contributed by atoms with Gasteiger partial charge in [-0.05, 0) is 36.4 Å². The molecule has 1 aromatic carbocycles. The predicted octanol–water partition coefficient (Wildman–Crippen LogP) is 2.81. The number of benzene rings is 1. The molecule has 0 radical (unpaired) electrons. The average molecular weight is 272 g/mol. The minimum absolute atomic E-state index is 0.149. The van der Waals surface area contributed by atoms with Gasteiger partial charge in [0.1, 0.15) is 0 Å². The lowest BCUT2D eigenvalue weighted by atomic mass is 10.2. The number of halogens is 2. The van der Waals surface area contributed by atoms with Gasteiger partial charge in [0.2, 0.25) is 0 Å². The minimum Gasteiger partial charge on any atom is -0.397 e.